The zero-order valence-electron chi connectivity index (χ0n) is 32.3. The molecular weight excluding hydrogens is 788 g/mol. The lowest BCUT2D eigenvalue weighted by atomic mass is 9.83. The molecule has 1 aliphatic heterocycles. The maximum Gasteiger partial charge on any atom is 0.303 e. The molecule has 57 heavy (non-hydrogen) atoms. The Balaban J connectivity index is 2.36. The van der Waals surface area contributed by atoms with Crippen LogP contribution in [-0.4, -0.2) is 130 Å². The molecule has 22 heteroatoms. The lowest BCUT2D eigenvalue weighted by Crippen LogP contribution is -2.70. The van der Waals surface area contributed by atoms with Crippen molar-refractivity contribution >= 4 is 57.9 Å². The second kappa shape index (κ2) is 19.8. The van der Waals surface area contributed by atoms with Gasteiger partial charge in [0.1, 0.15) is 18.8 Å². The molecule has 1 saturated heterocycles. The molecule has 0 amide bonds. The molecule has 3 rings (SSSR count). The first-order chi connectivity index (χ1) is 26.5. The van der Waals surface area contributed by atoms with Gasteiger partial charge in [0.25, 0.3) is 10.1 Å². The van der Waals surface area contributed by atoms with E-state index in [4.69, 9.17) is 51.6 Å². The Labute approximate surface area is 326 Å². The van der Waals surface area contributed by atoms with Crippen molar-refractivity contribution in [3.05, 3.63) is 29.8 Å². The molecule has 21 nitrogen and oxygen atoms in total. The molecule has 0 aromatic heterocycles. The van der Waals surface area contributed by atoms with Gasteiger partial charge in [-0.05, 0) is 19.1 Å². The fourth-order valence-corrected chi connectivity index (χ4v) is 7.14. The molecule has 1 aromatic carbocycles. The van der Waals surface area contributed by atoms with Crippen molar-refractivity contribution in [1.82, 2.24) is 0 Å². The Bertz CT molecular complexity index is 1790. The average Bonchev–Trinajstić information content (AvgIpc) is 3.06. The molecule has 2 aliphatic rings. The molecule has 0 spiro atoms. The zero-order valence-corrected chi connectivity index (χ0v) is 33.2. The van der Waals surface area contributed by atoms with E-state index in [9.17, 15) is 46.8 Å². The van der Waals surface area contributed by atoms with Crippen LogP contribution >= 0.6 is 0 Å². The van der Waals surface area contributed by atoms with Gasteiger partial charge in [-0.15, -0.1) is 0 Å². The van der Waals surface area contributed by atoms with Crippen molar-refractivity contribution in [2.24, 2.45) is 0 Å². The summed E-state index contributed by atoms with van der Waals surface area (Å²) in [5.41, 5.74) is 0.666. The van der Waals surface area contributed by atoms with Crippen molar-refractivity contribution in [3.8, 4) is 0 Å². The number of rotatable bonds is 14. The van der Waals surface area contributed by atoms with Crippen molar-refractivity contribution in [3.63, 3.8) is 0 Å². The summed E-state index contributed by atoms with van der Waals surface area (Å²) in [4.78, 5) is 99.2. The Morgan fingerprint density at radius 1 is 0.491 bits per heavy atom. The maximum absolute atomic E-state index is 13.8. The summed E-state index contributed by atoms with van der Waals surface area (Å²) in [5.74, 6) is -8.18. The van der Waals surface area contributed by atoms with Crippen LogP contribution in [0.15, 0.2) is 29.2 Å². The molecule has 0 unspecified atom stereocenters. The van der Waals surface area contributed by atoms with Gasteiger partial charge in [-0.1, -0.05) is 17.7 Å². The van der Waals surface area contributed by atoms with Gasteiger partial charge < -0.3 is 47.4 Å². The second-order valence-corrected chi connectivity index (χ2v) is 14.4. The number of benzene rings is 1. The zero-order chi connectivity index (χ0) is 42.9. The smallest absolute Gasteiger partial charge is 0.303 e. The van der Waals surface area contributed by atoms with Crippen molar-refractivity contribution in [1.29, 1.82) is 0 Å². The van der Waals surface area contributed by atoms with Crippen LogP contribution in [-0.2, 0) is 100 Å². The number of hydrogen-bond acceptors (Lipinski definition) is 21. The van der Waals surface area contributed by atoms with Gasteiger partial charge in [-0.3, -0.25) is 42.5 Å². The molecule has 0 bridgehead atoms. The van der Waals surface area contributed by atoms with E-state index in [1.165, 1.54) is 24.3 Å². The summed E-state index contributed by atoms with van der Waals surface area (Å²) in [6.07, 6.45) is -21.3. The van der Waals surface area contributed by atoms with E-state index < -0.39 is 137 Å². The van der Waals surface area contributed by atoms with Gasteiger partial charge in [0.15, 0.2) is 55.1 Å². The molecule has 1 aliphatic carbocycles. The third-order valence-corrected chi connectivity index (χ3v) is 9.26. The summed E-state index contributed by atoms with van der Waals surface area (Å²) in [7, 11) is -4.90. The Morgan fingerprint density at radius 3 is 1.26 bits per heavy atom. The van der Waals surface area contributed by atoms with Crippen LogP contribution < -0.4 is 0 Å². The molecule has 11 atom stereocenters. The molecule has 0 N–H and O–H groups in total. The van der Waals surface area contributed by atoms with Gasteiger partial charge in [-0.25, -0.2) is 0 Å². The molecule has 2 fully saturated rings. The third-order valence-electron chi connectivity index (χ3n) is 7.94. The summed E-state index contributed by atoms with van der Waals surface area (Å²) in [5, 5.41) is 0. The monoisotopic (exact) mass is 832 g/mol. The molecule has 316 valence electrons. The predicted molar refractivity (Wildman–Crippen MR) is 182 cm³/mol. The largest absolute Gasteiger partial charge is 0.463 e. The minimum Gasteiger partial charge on any atom is -0.463 e. The lowest BCUT2D eigenvalue weighted by Gasteiger charge is -2.50. The van der Waals surface area contributed by atoms with E-state index >= 15 is 0 Å². The van der Waals surface area contributed by atoms with Crippen LogP contribution in [0.4, 0.5) is 0 Å². The summed E-state index contributed by atoms with van der Waals surface area (Å²) < 4.78 is 88.9. The van der Waals surface area contributed by atoms with Crippen molar-refractivity contribution in [2.75, 3.05) is 6.61 Å². The van der Waals surface area contributed by atoms with Crippen LogP contribution in [0.3, 0.4) is 0 Å². The highest BCUT2D eigenvalue weighted by molar-refractivity contribution is 7.86. The number of esters is 8. The van der Waals surface area contributed by atoms with Crippen molar-refractivity contribution < 1.29 is 98.3 Å². The number of aryl methyl sites for hydroxylation is 1. The number of ether oxygens (including phenoxy) is 10. The van der Waals surface area contributed by atoms with E-state index in [1.54, 1.807) is 6.92 Å². The van der Waals surface area contributed by atoms with Crippen LogP contribution in [0.1, 0.15) is 61.0 Å². The van der Waals surface area contributed by atoms with E-state index in [2.05, 4.69) is 0 Å². The van der Waals surface area contributed by atoms with E-state index in [0.29, 0.717) is 5.56 Å². The van der Waals surface area contributed by atoms with Gasteiger partial charge >= 0.3 is 47.8 Å². The van der Waals surface area contributed by atoms with E-state index in [-0.39, 0.29) is 0 Å². The molecule has 1 heterocycles. The minimum atomic E-state index is -4.90. The van der Waals surface area contributed by atoms with E-state index in [1.807, 2.05) is 0 Å². The summed E-state index contributed by atoms with van der Waals surface area (Å²) in [6, 6.07) is 5.26. The highest BCUT2D eigenvalue weighted by atomic mass is 32.2. The highest BCUT2D eigenvalue weighted by Gasteiger charge is 2.62. The van der Waals surface area contributed by atoms with Gasteiger partial charge in [0, 0.05) is 55.4 Å². The maximum atomic E-state index is 13.8. The molecule has 1 saturated carbocycles. The quantitative estimate of drug-likeness (QED) is 0.138. The Hall–Kier alpha value is -5.19. The standard InChI is InChI=1S/C35H44O21S/c1-15-10-12-24(13-11-15)57(44,45)56-33-31(51-21(7)41)29(50-20(6)40)28(49-19(5)39)30(32(33)52-22(8)42)55-35-34(53-23(9)43)27(48-18(4)38)26(47-17(3)37)25(54-35)14-46-16(2)36/h10-13,25-35H,14H2,1-9H3/t25-,26+,27+,28-,29-,30+,31+,32-,33-,34-,35+/m1/s1. The number of carbonyl (C=O) groups is 8. The highest BCUT2D eigenvalue weighted by Crippen LogP contribution is 2.39. The number of carbonyl (C=O) groups excluding carboxylic acids is 8. The predicted octanol–water partition coefficient (Wildman–Crippen LogP) is 0.278. The first kappa shape index (κ1) is 46.2. The van der Waals surface area contributed by atoms with Crippen LogP contribution in [0.25, 0.3) is 0 Å². The van der Waals surface area contributed by atoms with Gasteiger partial charge in [0.2, 0.25) is 0 Å². The fraction of sp³-hybridized carbons (Fsp3) is 0.600. The third kappa shape index (κ3) is 12.9. The van der Waals surface area contributed by atoms with E-state index in [0.717, 1.165) is 55.4 Å². The molecular formula is C35H44O21S. The first-order valence-electron chi connectivity index (χ1n) is 17.2. The number of hydrogen-bond donors (Lipinski definition) is 0. The minimum absolute atomic E-state index is 0.417. The molecule has 0 radical (unpaired) electrons. The van der Waals surface area contributed by atoms with Crippen LogP contribution in [0.5, 0.6) is 0 Å². The second-order valence-electron chi connectivity index (χ2n) is 12.8. The fourth-order valence-electron chi connectivity index (χ4n) is 6.05. The topological polar surface area (TPSA) is 272 Å². The average molecular weight is 833 g/mol. The first-order valence-corrected chi connectivity index (χ1v) is 18.6. The normalized spacial score (nSPS) is 28.4. The Kier molecular flexibility index (Phi) is 16.0. The molecule has 1 aromatic rings. The van der Waals surface area contributed by atoms with Crippen LogP contribution in [0, 0.1) is 6.92 Å². The Morgan fingerprint density at radius 2 is 0.842 bits per heavy atom. The summed E-state index contributed by atoms with van der Waals surface area (Å²) >= 11 is 0. The summed E-state index contributed by atoms with van der Waals surface area (Å²) in [6.45, 7) is 8.57. The lowest BCUT2D eigenvalue weighted by molar-refractivity contribution is -0.342. The van der Waals surface area contributed by atoms with Crippen LogP contribution in [0.2, 0.25) is 0 Å². The SMILES string of the molecule is CC(=O)OC[C@H]1O[C@@H](O[C@H]2[C@H](OC(C)=O)[C@@H](OC(C)=O)[C@H](OC(C)=O)[C@@H](OS(=O)(=O)c3ccc(C)cc3)[C@@H]2OC(C)=O)[C@H](OC(C)=O)[C@@H](OC(C)=O)[C@H]1OC(C)=O. The van der Waals surface area contributed by atoms with Gasteiger partial charge in [0.05, 0.1) is 4.90 Å². The van der Waals surface area contributed by atoms with Crippen molar-refractivity contribution in [2.45, 2.75) is 135 Å². The van der Waals surface area contributed by atoms with Gasteiger partial charge in [-0.2, -0.15) is 8.42 Å².